The fourth-order valence-corrected chi connectivity index (χ4v) is 2.52. The highest BCUT2D eigenvalue weighted by atomic mass is 16.5. The predicted octanol–water partition coefficient (Wildman–Crippen LogP) is 3.16. The summed E-state index contributed by atoms with van der Waals surface area (Å²) in [5.74, 6) is -0.699. The van der Waals surface area contributed by atoms with E-state index in [1.807, 2.05) is 0 Å². The number of hydrogen-bond donors (Lipinski definition) is 1. The maximum absolute atomic E-state index is 10.9. The van der Waals surface area contributed by atoms with E-state index in [1.165, 1.54) is 11.1 Å². The van der Waals surface area contributed by atoms with Crippen LogP contribution in [0.15, 0.2) is 24.3 Å². The summed E-state index contributed by atoms with van der Waals surface area (Å²) in [6.07, 6.45) is 4.55. The number of aryl methyl sites for hydroxylation is 1. The Kier molecular flexibility index (Phi) is 4.25. The zero-order chi connectivity index (χ0) is 13.9. The molecule has 0 aromatic heterocycles. The van der Waals surface area contributed by atoms with Crippen molar-refractivity contribution < 1.29 is 14.6 Å². The Hall–Kier alpha value is -1.35. The van der Waals surface area contributed by atoms with Crippen LogP contribution in [0.5, 0.6) is 0 Å². The lowest BCUT2D eigenvalue weighted by molar-refractivity contribution is -0.137. The van der Waals surface area contributed by atoms with Crippen LogP contribution in [-0.2, 0) is 21.4 Å². The van der Waals surface area contributed by atoms with Crippen LogP contribution in [0, 0.1) is 0 Å². The van der Waals surface area contributed by atoms with Gasteiger partial charge in [-0.3, -0.25) is 4.79 Å². The minimum absolute atomic E-state index is 0.0792. The van der Waals surface area contributed by atoms with Gasteiger partial charge in [-0.1, -0.05) is 24.3 Å². The molecule has 1 aromatic rings. The normalized spacial score (nSPS) is 18.0. The highest BCUT2D eigenvalue weighted by molar-refractivity contribution is 5.70. The largest absolute Gasteiger partial charge is 0.481 e. The van der Waals surface area contributed by atoms with Crippen LogP contribution in [-0.4, -0.2) is 24.3 Å². The summed E-state index contributed by atoms with van der Waals surface area (Å²) in [7, 11) is 1.73. The number of ether oxygens (including phenoxy) is 1. The number of hydrogen-bond acceptors (Lipinski definition) is 2. The molecule has 3 nitrogen and oxygen atoms in total. The van der Waals surface area contributed by atoms with Crippen molar-refractivity contribution >= 4 is 5.97 Å². The van der Waals surface area contributed by atoms with Crippen molar-refractivity contribution in [2.45, 2.75) is 50.5 Å². The molecule has 19 heavy (non-hydrogen) atoms. The molecule has 1 fully saturated rings. The summed E-state index contributed by atoms with van der Waals surface area (Å²) in [4.78, 5) is 10.9. The summed E-state index contributed by atoms with van der Waals surface area (Å²) in [5.41, 5.74) is 2.39. The Morgan fingerprint density at radius 1 is 1.37 bits per heavy atom. The van der Waals surface area contributed by atoms with Gasteiger partial charge in [0, 0.05) is 12.5 Å². The maximum Gasteiger partial charge on any atom is 0.304 e. The predicted molar refractivity (Wildman–Crippen MR) is 74.4 cm³/mol. The molecule has 3 heteroatoms. The molecule has 1 aromatic carbocycles. The summed E-state index contributed by atoms with van der Waals surface area (Å²) in [5, 5.41) is 8.96. The first-order chi connectivity index (χ1) is 9.05. The van der Waals surface area contributed by atoms with E-state index in [0.29, 0.717) is 0 Å². The molecule has 1 atom stereocenters. The van der Waals surface area contributed by atoms with Crippen LogP contribution >= 0.6 is 0 Å². The van der Waals surface area contributed by atoms with E-state index in [2.05, 4.69) is 31.2 Å². The monoisotopic (exact) mass is 262 g/mol. The molecular weight excluding hydrogens is 240 g/mol. The SMILES string of the molecule is COC(C)CCc1ccc(C2(CC(=O)O)CC2)cc1. The molecule has 2 rings (SSSR count). The van der Waals surface area contributed by atoms with Crippen LogP contribution in [0.2, 0.25) is 0 Å². The zero-order valence-corrected chi connectivity index (χ0v) is 11.7. The van der Waals surface area contributed by atoms with Gasteiger partial charge in [-0.05, 0) is 43.7 Å². The summed E-state index contributed by atoms with van der Waals surface area (Å²) in [6.45, 7) is 2.07. The third-order valence-electron chi connectivity index (χ3n) is 4.15. The number of carboxylic acid groups (broad SMARTS) is 1. The molecule has 0 amide bonds. The number of aliphatic carboxylic acids is 1. The lowest BCUT2D eigenvalue weighted by atomic mass is 9.91. The summed E-state index contributed by atoms with van der Waals surface area (Å²) >= 11 is 0. The van der Waals surface area contributed by atoms with Crippen molar-refractivity contribution in [2.24, 2.45) is 0 Å². The molecule has 1 aliphatic carbocycles. The lowest BCUT2D eigenvalue weighted by Gasteiger charge is -2.14. The number of methoxy groups -OCH3 is 1. The second-order valence-corrected chi connectivity index (χ2v) is 5.63. The van der Waals surface area contributed by atoms with E-state index in [1.54, 1.807) is 7.11 Å². The van der Waals surface area contributed by atoms with Gasteiger partial charge in [0.2, 0.25) is 0 Å². The van der Waals surface area contributed by atoms with E-state index < -0.39 is 5.97 Å². The number of carboxylic acids is 1. The van der Waals surface area contributed by atoms with E-state index in [0.717, 1.165) is 25.7 Å². The van der Waals surface area contributed by atoms with Crippen molar-refractivity contribution in [1.29, 1.82) is 0 Å². The van der Waals surface area contributed by atoms with E-state index in [-0.39, 0.29) is 17.9 Å². The van der Waals surface area contributed by atoms with Gasteiger partial charge >= 0.3 is 5.97 Å². The molecule has 1 aliphatic rings. The highest BCUT2D eigenvalue weighted by Crippen LogP contribution is 2.50. The minimum atomic E-state index is -0.699. The molecule has 0 bridgehead atoms. The Labute approximate surface area is 114 Å². The van der Waals surface area contributed by atoms with E-state index >= 15 is 0 Å². The molecule has 0 aliphatic heterocycles. The molecule has 0 saturated heterocycles. The topological polar surface area (TPSA) is 46.5 Å². The number of benzene rings is 1. The molecule has 1 unspecified atom stereocenters. The molecule has 0 radical (unpaired) electrons. The minimum Gasteiger partial charge on any atom is -0.481 e. The average molecular weight is 262 g/mol. The third kappa shape index (κ3) is 3.57. The van der Waals surface area contributed by atoms with Crippen LogP contribution < -0.4 is 0 Å². The second kappa shape index (κ2) is 5.74. The standard InChI is InChI=1S/C16H22O3/c1-12(19-2)3-4-13-5-7-14(8-6-13)16(9-10-16)11-15(17)18/h5-8,12H,3-4,9-11H2,1-2H3,(H,17,18). The Morgan fingerprint density at radius 2 is 2.00 bits per heavy atom. The first-order valence-corrected chi connectivity index (χ1v) is 6.90. The van der Waals surface area contributed by atoms with Crippen molar-refractivity contribution in [3.05, 3.63) is 35.4 Å². The average Bonchev–Trinajstić information content (AvgIpc) is 3.16. The van der Waals surface area contributed by atoms with Gasteiger partial charge in [0.05, 0.1) is 12.5 Å². The molecule has 1 N–H and O–H groups in total. The number of rotatable bonds is 7. The second-order valence-electron chi connectivity index (χ2n) is 5.63. The van der Waals surface area contributed by atoms with Crippen molar-refractivity contribution in [3.8, 4) is 0 Å². The van der Waals surface area contributed by atoms with Crippen molar-refractivity contribution in [3.63, 3.8) is 0 Å². The quantitative estimate of drug-likeness (QED) is 0.821. The highest BCUT2D eigenvalue weighted by Gasteiger charge is 2.45. The first kappa shape index (κ1) is 14.1. The Balaban J connectivity index is 1.97. The zero-order valence-electron chi connectivity index (χ0n) is 11.7. The fraction of sp³-hybridized carbons (Fsp3) is 0.562. The van der Waals surface area contributed by atoms with Gasteiger partial charge < -0.3 is 9.84 Å². The van der Waals surface area contributed by atoms with Crippen molar-refractivity contribution in [2.75, 3.05) is 7.11 Å². The van der Waals surface area contributed by atoms with Gasteiger partial charge in [-0.25, -0.2) is 0 Å². The molecule has 0 heterocycles. The van der Waals surface area contributed by atoms with Crippen molar-refractivity contribution in [1.82, 2.24) is 0 Å². The smallest absolute Gasteiger partial charge is 0.304 e. The number of carbonyl (C=O) groups is 1. The first-order valence-electron chi connectivity index (χ1n) is 6.90. The Bertz CT molecular complexity index is 432. The van der Waals surface area contributed by atoms with Gasteiger partial charge in [0.25, 0.3) is 0 Å². The lowest BCUT2D eigenvalue weighted by Crippen LogP contribution is -2.13. The van der Waals surface area contributed by atoms with Crippen LogP contribution in [0.4, 0.5) is 0 Å². The van der Waals surface area contributed by atoms with Gasteiger partial charge in [0.15, 0.2) is 0 Å². The molecule has 104 valence electrons. The Morgan fingerprint density at radius 3 is 2.47 bits per heavy atom. The van der Waals surface area contributed by atoms with Gasteiger partial charge in [-0.15, -0.1) is 0 Å². The van der Waals surface area contributed by atoms with E-state index in [9.17, 15) is 4.79 Å². The van der Waals surface area contributed by atoms with Crippen LogP contribution in [0.1, 0.15) is 43.7 Å². The fourth-order valence-electron chi connectivity index (χ4n) is 2.52. The summed E-state index contributed by atoms with van der Waals surface area (Å²) in [6, 6.07) is 8.45. The third-order valence-corrected chi connectivity index (χ3v) is 4.15. The maximum atomic E-state index is 10.9. The summed E-state index contributed by atoms with van der Waals surface area (Å²) < 4.78 is 5.24. The molecular formula is C16H22O3. The van der Waals surface area contributed by atoms with Crippen LogP contribution in [0.25, 0.3) is 0 Å². The van der Waals surface area contributed by atoms with Gasteiger partial charge in [-0.2, -0.15) is 0 Å². The molecule has 0 spiro atoms. The van der Waals surface area contributed by atoms with E-state index in [4.69, 9.17) is 9.84 Å². The van der Waals surface area contributed by atoms with Crippen LogP contribution in [0.3, 0.4) is 0 Å². The van der Waals surface area contributed by atoms with Gasteiger partial charge in [0.1, 0.15) is 0 Å². The molecule has 1 saturated carbocycles.